The number of benzene rings is 2. The first kappa shape index (κ1) is 18.4. The van der Waals surface area contributed by atoms with Crippen molar-refractivity contribution < 1.29 is 14.3 Å². The van der Waals surface area contributed by atoms with Gasteiger partial charge < -0.3 is 10.1 Å². The van der Waals surface area contributed by atoms with Gasteiger partial charge in [-0.2, -0.15) is 0 Å². The first-order chi connectivity index (χ1) is 14.1. The van der Waals surface area contributed by atoms with Crippen molar-refractivity contribution in [3.8, 4) is 17.0 Å². The Balaban J connectivity index is 1.77. The molecular weight excluding hydrogens is 366 g/mol. The van der Waals surface area contributed by atoms with Gasteiger partial charge in [0.2, 0.25) is 0 Å². The van der Waals surface area contributed by atoms with Gasteiger partial charge in [0, 0.05) is 23.0 Å². The molecule has 29 heavy (non-hydrogen) atoms. The van der Waals surface area contributed by atoms with Crippen LogP contribution in [0, 0.1) is 0 Å². The maximum atomic E-state index is 13.1. The van der Waals surface area contributed by atoms with Crippen molar-refractivity contribution in [2.45, 2.75) is 6.92 Å². The number of amides is 1. The summed E-state index contributed by atoms with van der Waals surface area (Å²) >= 11 is 0. The number of methoxy groups -OCH3 is 1. The molecule has 0 saturated heterocycles. The first-order valence-electron chi connectivity index (χ1n) is 9.10. The maximum Gasteiger partial charge on any atom is 0.276 e. The number of hydrogen-bond donors (Lipinski definition) is 1. The summed E-state index contributed by atoms with van der Waals surface area (Å²) in [5, 5.41) is 2.86. The van der Waals surface area contributed by atoms with E-state index in [1.54, 1.807) is 31.4 Å². The van der Waals surface area contributed by atoms with Crippen LogP contribution in [0.4, 0.5) is 5.69 Å². The van der Waals surface area contributed by atoms with E-state index in [9.17, 15) is 9.59 Å². The lowest BCUT2D eigenvalue weighted by Gasteiger charge is -2.08. The van der Waals surface area contributed by atoms with Crippen LogP contribution in [-0.2, 0) is 0 Å². The Morgan fingerprint density at radius 2 is 1.79 bits per heavy atom. The Hall–Kier alpha value is -3.93. The highest BCUT2D eigenvalue weighted by molar-refractivity contribution is 6.08. The number of pyridine rings is 1. The third-order valence-electron chi connectivity index (χ3n) is 4.64. The second-order valence-corrected chi connectivity index (χ2v) is 6.56. The monoisotopic (exact) mass is 385 g/mol. The number of aromatic nitrogens is 2. The SMILES string of the molecule is COc1ccc(-c2c(C(=O)Nc3cccc(C(C)=O)c3)nc3ccccn23)cc1. The zero-order valence-corrected chi connectivity index (χ0v) is 16.0. The van der Waals surface area contributed by atoms with Gasteiger partial charge >= 0.3 is 0 Å². The minimum atomic E-state index is -0.347. The summed E-state index contributed by atoms with van der Waals surface area (Å²) in [6.07, 6.45) is 1.87. The highest BCUT2D eigenvalue weighted by Crippen LogP contribution is 2.28. The second kappa shape index (κ2) is 7.59. The first-order valence-corrected chi connectivity index (χ1v) is 9.10. The lowest BCUT2D eigenvalue weighted by Crippen LogP contribution is -2.14. The Morgan fingerprint density at radius 3 is 2.52 bits per heavy atom. The van der Waals surface area contributed by atoms with Gasteiger partial charge in [-0.3, -0.25) is 14.0 Å². The molecule has 0 aliphatic carbocycles. The molecule has 0 radical (unpaired) electrons. The minimum absolute atomic E-state index is 0.0623. The molecule has 0 spiro atoms. The van der Waals surface area contributed by atoms with Crippen LogP contribution in [0.5, 0.6) is 5.75 Å². The molecule has 0 aliphatic heterocycles. The number of anilines is 1. The molecule has 6 nitrogen and oxygen atoms in total. The zero-order chi connectivity index (χ0) is 20.4. The van der Waals surface area contributed by atoms with E-state index in [-0.39, 0.29) is 11.7 Å². The number of nitrogens with one attached hydrogen (secondary N) is 1. The molecule has 6 heteroatoms. The van der Waals surface area contributed by atoms with Crippen molar-refractivity contribution >= 4 is 23.0 Å². The summed E-state index contributed by atoms with van der Waals surface area (Å²) in [7, 11) is 1.61. The van der Waals surface area contributed by atoms with E-state index in [4.69, 9.17) is 4.74 Å². The standard InChI is InChI=1S/C23H19N3O3/c1-15(27)17-6-5-7-18(14-17)24-23(28)21-22(16-9-11-19(29-2)12-10-16)26-13-4-3-8-20(26)25-21/h3-14H,1-2H3,(H,24,28). The van der Waals surface area contributed by atoms with Crippen molar-refractivity contribution in [2.75, 3.05) is 12.4 Å². The third-order valence-corrected chi connectivity index (χ3v) is 4.64. The molecule has 0 fully saturated rings. The summed E-state index contributed by atoms with van der Waals surface area (Å²) in [6.45, 7) is 1.49. The highest BCUT2D eigenvalue weighted by Gasteiger charge is 2.20. The normalized spacial score (nSPS) is 10.7. The fourth-order valence-electron chi connectivity index (χ4n) is 3.19. The second-order valence-electron chi connectivity index (χ2n) is 6.56. The summed E-state index contributed by atoms with van der Waals surface area (Å²) in [4.78, 5) is 29.2. The number of Topliss-reactive ketones (excluding diaryl/α,β-unsaturated/α-hetero) is 1. The van der Waals surface area contributed by atoms with Crippen molar-refractivity contribution in [1.29, 1.82) is 0 Å². The number of ether oxygens (including phenoxy) is 1. The van der Waals surface area contributed by atoms with Crippen LogP contribution in [0.25, 0.3) is 16.9 Å². The molecule has 0 unspecified atom stereocenters. The molecule has 0 saturated carbocycles. The molecule has 0 bridgehead atoms. The predicted octanol–water partition coefficient (Wildman–Crippen LogP) is 4.46. The topological polar surface area (TPSA) is 72.7 Å². The summed E-state index contributed by atoms with van der Waals surface area (Å²) in [5.74, 6) is 0.322. The molecule has 2 aromatic heterocycles. The number of carbonyl (C=O) groups is 2. The molecule has 0 atom stereocenters. The average molecular weight is 385 g/mol. The van der Waals surface area contributed by atoms with Gasteiger partial charge in [-0.05, 0) is 55.5 Å². The largest absolute Gasteiger partial charge is 0.497 e. The summed E-state index contributed by atoms with van der Waals surface area (Å²) in [5.41, 5.74) is 3.57. The Kier molecular flexibility index (Phi) is 4.83. The van der Waals surface area contributed by atoms with E-state index in [0.717, 1.165) is 11.3 Å². The molecular formula is C23H19N3O3. The molecule has 0 aliphatic rings. The Labute approximate surface area is 167 Å². The van der Waals surface area contributed by atoms with Crippen LogP contribution in [0.15, 0.2) is 72.9 Å². The number of rotatable bonds is 5. The summed E-state index contributed by atoms with van der Waals surface area (Å²) in [6, 6.07) is 19.9. The molecule has 4 aromatic rings. The van der Waals surface area contributed by atoms with Gasteiger partial charge in [0.25, 0.3) is 5.91 Å². The van der Waals surface area contributed by atoms with E-state index in [1.807, 2.05) is 53.1 Å². The number of carbonyl (C=O) groups excluding carboxylic acids is 2. The zero-order valence-electron chi connectivity index (χ0n) is 16.0. The highest BCUT2D eigenvalue weighted by atomic mass is 16.5. The number of ketones is 1. The van der Waals surface area contributed by atoms with Gasteiger partial charge in [0.1, 0.15) is 11.4 Å². The molecule has 2 aromatic carbocycles. The smallest absolute Gasteiger partial charge is 0.276 e. The van der Waals surface area contributed by atoms with E-state index in [1.165, 1.54) is 6.92 Å². The van der Waals surface area contributed by atoms with Crippen LogP contribution in [0.1, 0.15) is 27.8 Å². The Bertz CT molecular complexity index is 1210. The molecule has 2 heterocycles. The lowest BCUT2D eigenvalue weighted by molar-refractivity contribution is 0.101. The molecule has 4 rings (SSSR count). The van der Waals surface area contributed by atoms with Gasteiger partial charge in [0.15, 0.2) is 11.5 Å². The van der Waals surface area contributed by atoms with Crippen LogP contribution < -0.4 is 10.1 Å². The van der Waals surface area contributed by atoms with Gasteiger partial charge in [-0.25, -0.2) is 4.98 Å². The van der Waals surface area contributed by atoms with Crippen LogP contribution in [0.2, 0.25) is 0 Å². The van der Waals surface area contributed by atoms with Crippen LogP contribution >= 0.6 is 0 Å². The molecule has 1 amide bonds. The fourth-order valence-corrected chi connectivity index (χ4v) is 3.19. The third kappa shape index (κ3) is 3.60. The predicted molar refractivity (Wildman–Crippen MR) is 112 cm³/mol. The van der Waals surface area contributed by atoms with Crippen LogP contribution in [-0.4, -0.2) is 28.2 Å². The summed E-state index contributed by atoms with van der Waals surface area (Å²) < 4.78 is 7.11. The number of imidazole rings is 1. The maximum absolute atomic E-state index is 13.1. The minimum Gasteiger partial charge on any atom is -0.497 e. The van der Waals surface area contributed by atoms with E-state index in [2.05, 4.69) is 10.3 Å². The van der Waals surface area contributed by atoms with Gasteiger partial charge in [0.05, 0.1) is 12.8 Å². The van der Waals surface area contributed by atoms with E-state index in [0.29, 0.717) is 28.3 Å². The van der Waals surface area contributed by atoms with E-state index < -0.39 is 0 Å². The Morgan fingerprint density at radius 1 is 1.00 bits per heavy atom. The average Bonchev–Trinajstić information content (AvgIpc) is 3.14. The number of nitrogens with zero attached hydrogens (tertiary/aromatic N) is 2. The van der Waals surface area contributed by atoms with Gasteiger partial charge in [-0.1, -0.05) is 18.2 Å². The fraction of sp³-hybridized carbons (Fsp3) is 0.0870. The van der Waals surface area contributed by atoms with Crippen molar-refractivity contribution in [2.24, 2.45) is 0 Å². The van der Waals surface area contributed by atoms with Crippen molar-refractivity contribution in [1.82, 2.24) is 9.38 Å². The number of fused-ring (bicyclic) bond motifs is 1. The quantitative estimate of drug-likeness (QED) is 0.515. The van der Waals surface area contributed by atoms with Crippen LogP contribution in [0.3, 0.4) is 0 Å². The van der Waals surface area contributed by atoms with Gasteiger partial charge in [-0.15, -0.1) is 0 Å². The molecule has 144 valence electrons. The van der Waals surface area contributed by atoms with Crippen molar-refractivity contribution in [3.63, 3.8) is 0 Å². The van der Waals surface area contributed by atoms with E-state index >= 15 is 0 Å². The lowest BCUT2D eigenvalue weighted by atomic mass is 10.1. The van der Waals surface area contributed by atoms with Crippen molar-refractivity contribution in [3.05, 3.63) is 84.2 Å². The molecule has 1 N–H and O–H groups in total. The number of hydrogen-bond acceptors (Lipinski definition) is 4.